The Labute approximate surface area is 139 Å². The number of rotatable bonds is 5. The highest BCUT2D eigenvalue weighted by Crippen LogP contribution is 2.28. The SMILES string of the molecule is Cc1cc(SC#N)cc(C)c1NC(=O)CSc1ccccc1. The van der Waals surface area contributed by atoms with Gasteiger partial charge in [0.1, 0.15) is 5.40 Å². The van der Waals surface area contributed by atoms with Crippen LogP contribution in [0.1, 0.15) is 11.1 Å². The highest BCUT2D eigenvalue weighted by molar-refractivity contribution is 8.03. The minimum atomic E-state index is -0.0271. The second-order valence-electron chi connectivity index (χ2n) is 4.78. The van der Waals surface area contributed by atoms with Crippen LogP contribution in [-0.2, 0) is 4.79 Å². The first kappa shape index (κ1) is 16.5. The molecule has 2 aromatic carbocycles. The minimum Gasteiger partial charge on any atom is -0.325 e. The number of hydrogen-bond donors (Lipinski definition) is 1. The fourth-order valence-corrected chi connectivity index (χ4v) is 3.37. The largest absolute Gasteiger partial charge is 0.325 e. The van der Waals surface area contributed by atoms with Crippen LogP contribution < -0.4 is 5.32 Å². The molecule has 3 nitrogen and oxygen atoms in total. The Hall–Kier alpha value is -1.90. The standard InChI is InChI=1S/C17H16N2OS2/c1-12-8-15(22-11-18)9-13(2)17(12)19-16(20)10-21-14-6-4-3-5-7-14/h3-9H,10H2,1-2H3,(H,19,20). The number of amides is 1. The van der Waals surface area contributed by atoms with Crippen LogP contribution in [0.2, 0.25) is 0 Å². The smallest absolute Gasteiger partial charge is 0.234 e. The van der Waals surface area contributed by atoms with Gasteiger partial charge in [0, 0.05) is 15.5 Å². The van der Waals surface area contributed by atoms with Gasteiger partial charge in [-0.25, -0.2) is 0 Å². The number of thioether (sulfide) groups is 2. The molecule has 0 bridgehead atoms. The fourth-order valence-electron chi connectivity index (χ4n) is 2.07. The highest BCUT2D eigenvalue weighted by atomic mass is 32.2. The molecule has 0 aliphatic rings. The molecule has 22 heavy (non-hydrogen) atoms. The van der Waals surface area contributed by atoms with Crippen LogP contribution in [0.25, 0.3) is 0 Å². The van der Waals surface area contributed by atoms with E-state index in [0.29, 0.717) is 5.75 Å². The lowest BCUT2D eigenvalue weighted by atomic mass is 10.1. The Morgan fingerprint density at radius 3 is 2.36 bits per heavy atom. The summed E-state index contributed by atoms with van der Waals surface area (Å²) in [5, 5.41) is 13.8. The van der Waals surface area contributed by atoms with Gasteiger partial charge in [-0.15, -0.1) is 11.8 Å². The molecule has 0 saturated heterocycles. The monoisotopic (exact) mass is 328 g/mol. The molecule has 0 atom stereocenters. The molecular weight excluding hydrogens is 312 g/mol. The maximum absolute atomic E-state index is 12.1. The fraction of sp³-hybridized carbons (Fsp3) is 0.176. The Balaban J connectivity index is 2.01. The van der Waals surface area contributed by atoms with Crippen LogP contribution >= 0.6 is 23.5 Å². The summed E-state index contributed by atoms with van der Waals surface area (Å²) in [5.41, 5.74) is 2.77. The Bertz CT molecular complexity index is 685. The third-order valence-corrected chi connectivity index (χ3v) is 4.62. The molecule has 5 heteroatoms. The second kappa shape index (κ2) is 7.92. The van der Waals surface area contributed by atoms with E-state index in [-0.39, 0.29) is 5.91 Å². The molecular formula is C17H16N2OS2. The highest BCUT2D eigenvalue weighted by Gasteiger charge is 2.10. The number of aryl methyl sites for hydroxylation is 2. The number of hydrogen-bond acceptors (Lipinski definition) is 4. The second-order valence-corrected chi connectivity index (χ2v) is 6.68. The average molecular weight is 328 g/mol. The molecule has 2 aromatic rings. The summed E-state index contributed by atoms with van der Waals surface area (Å²) in [6, 6.07) is 13.7. The number of nitriles is 1. The molecule has 0 saturated carbocycles. The maximum Gasteiger partial charge on any atom is 0.234 e. The lowest BCUT2D eigenvalue weighted by Crippen LogP contribution is -2.15. The van der Waals surface area contributed by atoms with Gasteiger partial charge in [0.05, 0.1) is 5.75 Å². The molecule has 1 amide bonds. The zero-order valence-corrected chi connectivity index (χ0v) is 14.1. The third kappa shape index (κ3) is 4.55. The van der Waals surface area contributed by atoms with Crippen LogP contribution in [0, 0.1) is 24.5 Å². The van der Waals surface area contributed by atoms with E-state index < -0.39 is 0 Å². The van der Waals surface area contributed by atoms with Crippen molar-refractivity contribution in [3.05, 3.63) is 53.6 Å². The number of nitrogens with zero attached hydrogens (tertiary/aromatic N) is 1. The van der Waals surface area contributed by atoms with Crippen molar-refractivity contribution < 1.29 is 4.79 Å². The van der Waals surface area contributed by atoms with E-state index in [0.717, 1.165) is 38.4 Å². The van der Waals surface area contributed by atoms with E-state index in [4.69, 9.17) is 5.26 Å². The summed E-state index contributed by atoms with van der Waals surface area (Å²) in [5.74, 6) is 0.346. The predicted octanol–water partition coefficient (Wildman–Crippen LogP) is 4.61. The molecule has 0 aliphatic heterocycles. The zero-order valence-electron chi connectivity index (χ0n) is 12.4. The van der Waals surface area contributed by atoms with Crippen molar-refractivity contribution in [1.29, 1.82) is 5.26 Å². The molecule has 0 aliphatic carbocycles. The Morgan fingerprint density at radius 2 is 1.77 bits per heavy atom. The van der Waals surface area contributed by atoms with Crippen LogP contribution in [0.15, 0.2) is 52.3 Å². The average Bonchev–Trinajstić information content (AvgIpc) is 2.50. The van der Waals surface area contributed by atoms with Gasteiger partial charge in [0.2, 0.25) is 5.91 Å². The molecule has 0 aromatic heterocycles. The van der Waals surface area contributed by atoms with Gasteiger partial charge >= 0.3 is 0 Å². The molecule has 1 N–H and O–H groups in total. The first-order chi connectivity index (χ1) is 10.6. The van der Waals surface area contributed by atoms with Crippen molar-refractivity contribution in [3.8, 4) is 5.40 Å². The maximum atomic E-state index is 12.1. The Morgan fingerprint density at radius 1 is 1.14 bits per heavy atom. The zero-order chi connectivity index (χ0) is 15.9. The number of carbonyl (C=O) groups excluding carboxylic acids is 1. The predicted molar refractivity (Wildman–Crippen MR) is 93.2 cm³/mol. The Kier molecular flexibility index (Phi) is 5.93. The number of benzene rings is 2. The van der Waals surface area contributed by atoms with E-state index in [1.54, 1.807) is 0 Å². The molecule has 0 heterocycles. The third-order valence-electron chi connectivity index (χ3n) is 3.05. The summed E-state index contributed by atoms with van der Waals surface area (Å²) in [6.07, 6.45) is 0. The van der Waals surface area contributed by atoms with Gasteiger partial charge < -0.3 is 5.32 Å². The van der Waals surface area contributed by atoms with Crippen molar-refractivity contribution in [2.75, 3.05) is 11.1 Å². The van der Waals surface area contributed by atoms with E-state index in [9.17, 15) is 4.79 Å². The molecule has 0 spiro atoms. The van der Waals surface area contributed by atoms with Gasteiger partial charge in [-0.05, 0) is 61.0 Å². The van der Waals surface area contributed by atoms with Crippen molar-refractivity contribution in [2.24, 2.45) is 0 Å². The summed E-state index contributed by atoms with van der Waals surface area (Å²) in [7, 11) is 0. The van der Waals surface area contributed by atoms with Crippen LogP contribution in [-0.4, -0.2) is 11.7 Å². The topological polar surface area (TPSA) is 52.9 Å². The van der Waals surface area contributed by atoms with Gasteiger partial charge in [-0.2, -0.15) is 5.26 Å². The van der Waals surface area contributed by atoms with Crippen molar-refractivity contribution in [1.82, 2.24) is 0 Å². The number of carbonyl (C=O) groups is 1. The molecule has 0 fully saturated rings. The first-order valence-corrected chi connectivity index (χ1v) is 8.55. The molecule has 0 unspecified atom stereocenters. The number of nitrogens with one attached hydrogen (secondary N) is 1. The van der Waals surface area contributed by atoms with E-state index >= 15 is 0 Å². The molecule has 2 rings (SSSR count). The van der Waals surface area contributed by atoms with E-state index in [1.807, 2.05) is 56.3 Å². The molecule has 112 valence electrons. The van der Waals surface area contributed by atoms with Crippen LogP contribution in [0.4, 0.5) is 5.69 Å². The van der Waals surface area contributed by atoms with Gasteiger partial charge in [0.25, 0.3) is 0 Å². The first-order valence-electron chi connectivity index (χ1n) is 6.75. The van der Waals surface area contributed by atoms with E-state index in [2.05, 4.69) is 10.7 Å². The number of anilines is 1. The normalized spacial score (nSPS) is 10.0. The summed E-state index contributed by atoms with van der Waals surface area (Å²) in [6.45, 7) is 3.88. The van der Waals surface area contributed by atoms with Gasteiger partial charge in [-0.1, -0.05) is 18.2 Å². The molecule has 0 radical (unpaired) electrons. The van der Waals surface area contributed by atoms with E-state index in [1.165, 1.54) is 11.8 Å². The van der Waals surface area contributed by atoms with Gasteiger partial charge in [-0.3, -0.25) is 4.79 Å². The van der Waals surface area contributed by atoms with Crippen LogP contribution in [0.3, 0.4) is 0 Å². The minimum absolute atomic E-state index is 0.0271. The lowest BCUT2D eigenvalue weighted by Gasteiger charge is -2.12. The summed E-state index contributed by atoms with van der Waals surface area (Å²) in [4.78, 5) is 14.1. The van der Waals surface area contributed by atoms with Crippen LogP contribution in [0.5, 0.6) is 0 Å². The quantitative estimate of drug-likeness (QED) is 0.643. The lowest BCUT2D eigenvalue weighted by molar-refractivity contribution is -0.113. The summed E-state index contributed by atoms with van der Waals surface area (Å²) >= 11 is 2.64. The van der Waals surface area contributed by atoms with Gasteiger partial charge in [0.15, 0.2) is 0 Å². The van der Waals surface area contributed by atoms with Crippen molar-refractivity contribution in [2.45, 2.75) is 23.6 Å². The summed E-state index contributed by atoms with van der Waals surface area (Å²) < 4.78 is 0. The van der Waals surface area contributed by atoms with Crippen molar-refractivity contribution >= 4 is 35.1 Å². The number of thiocyanates is 1. The van der Waals surface area contributed by atoms with Crippen molar-refractivity contribution in [3.63, 3.8) is 0 Å².